The fraction of sp³-hybridized carbons (Fsp3) is 0.769. The minimum atomic E-state index is -0.120. The third kappa shape index (κ3) is 3.85. The van der Waals surface area contributed by atoms with Crippen molar-refractivity contribution < 1.29 is 9.53 Å². The lowest BCUT2D eigenvalue weighted by Crippen LogP contribution is -2.25. The molecule has 0 radical (unpaired) electrons. The van der Waals surface area contributed by atoms with Gasteiger partial charge in [0.05, 0.1) is 12.9 Å². The van der Waals surface area contributed by atoms with Gasteiger partial charge in [0.25, 0.3) is 0 Å². The first kappa shape index (κ1) is 13.6. The van der Waals surface area contributed by atoms with Crippen LogP contribution in [0.2, 0.25) is 0 Å². The molecule has 1 unspecified atom stereocenters. The highest BCUT2D eigenvalue weighted by Crippen LogP contribution is 2.40. The Labute approximate surface area is 103 Å². The van der Waals surface area contributed by atoms with Gasteiger partial charge >= 0.3 is 5.97 Å². The zero-order valence-corrected chi connectivity index (χ0v) is 11.5. The van der Waals surface area contributed by atoms with E-state index < -0.39 is 0 Å². The van der Waals surface area contributed by atoms with Gasteiger partial charge in [0.2, 0.25) is 0 Å². The topological polar surface area (TPSA) is 26.3 Å². The molecule has 0 bridgehead atoms. The lowest BCUT2D eigenvalue weighted by atomic mass is 9.85. The number of thioether (sulfide) groups is 1. The Morgan fingerprint density at radius 2 is 2.31 bits per heavy atom. The first-order valence-electron chi connectivity index (χ1n) is 5.86. The molecule has 0 heterocycles. The Morgan fingerprint density at radius 3 is 2.75 bits per heavy atom. The van der Waals surface area contributed by atoms with Gasteiger partial charge in [0.1, 0.15) is 0 Å². The molecule has 0 aromatic rings. The highest BCUT2D eigenvalue weighted by molar-refractivity contribution is 8.01. The smallest absolute Gasteiger partial charge is 0.315 e. The quantitative estimate of drug-likeness (QED) is 0.558. The van der Waals surface area contributed by atoms with Crippen molar-refractivity contribution in [2.24, 2.45) is 5.92 Å². The lowest BCUT2D eigenvalue weighted by Gasteiger charge is -2.33. The molecule has 1 rings (SSSR count). The predicted octanol–water partition coefficient (Wildman–Crippen LogP) is 3.42. The molecular weight excluding hydrogens is 220 g/mol. The fourth-order valence-electron chi connectivity index (χ4n) is 1.91. The minimum Gasteiger partial charge on any atom is -0.468 e. The van der Waals surface area contributed by atoms with Crippen LogP contribution in [0.5, 0.6) is 0 Å². The molecule has 0 aliphatic heterocycles. The van der Waals surface area contributed by atoms with Gasteiger partial charge in [0.15, 0.2) is 0 Å². The maximum absolute atomic E-state index is 11.1. The summed E-state index contributed by atoms with van der Waals surface area (Å²) in [5.41, 5.74) is 1.57. The summed E-state index contributed by atoms with van der Waals surface area (Å²) in [5.74, 6) is 1.01. The second kappa shape index (κ2) is 5.76. The highest BCUT2D eigenvalue weighted by atomic mass is 32.2. The predicted molar refractivity (Wildman–Crippen MR) is 69.7 cm³/mol. The molecular formula is C13H22O2S. The molecule has 3 heteroatoms. The maximum atomic E-state index is 11.1. The Kier molecular flexibility index (Phi) is 4.90. The Balaban J connectivity index is 2.47. The molecule has 0 amide bonds. The first-order valence-corrected chi connectivity index (χ1v) is 6.85. The van der Waals surface area contributed by atoms with Gasteiger partial charge in [-0.2, -0.15) is 0 Å². The van der Waals surface area contributed by atoms with Crippen LogP contribution in [-0.4, -0.2) is 23.6 Å². The summed E-state index contributed by atoms with van der Waals surface area (Å²) in [7, 11) is 1.45. The Hall–Kier alpha value is -0.440. The number of ether oxygens (including phenoxy) is 1. The SMILES string of the molecule is COC(=O)CSC1(C)CC=C(C(C)C)CC1. The molecule has 92 valence electrons. The summed E-state index contributed by atoms with van der Waals surface area (Å²) in [6.45, 7) is 6.74. The highest BCUT2D eigenvalue weighted by Gasteiger charge is 2.28. The van der Waals surface area contributed by atoms with Crippen LogP contribution in [0.4, 0.5) is 0 Å². The van der Waals surface area contributed by atoms with E-state index in [0.717, 1.165) is 6.42 Å². The van der Waals surface area contributed by atoms with Crippen molar-refractivity contribution in [1.82, 2.24) is 0 Å². The summed E-state index contributed by atoms with van der Waals surface area (Å²) in [5, 5.41) is 0. The fourth-order valence-corrected chi connectivity index (χ4v) is 2.94. The largest absolute Gasteiger partial charge is 0.468 e. The second-order valence-electron chi connectivity index (χ2n) is 4.95. The number of hydrogen-bond acceptors (Lipinski definition) is 3. The number of rotatable bonds is 4. The average molecular weight is 242 g/mol. The molecule has 1 aliphatic rings. The van der Waals surface area contributed by atoms with Crippen molar-refractivity contribution >= 4 is 17.7 Å². The molecule has 0 aromatic carbocycles. The zero-order chi connectivity index (χ0) is 12.2. The van der Waals surface area contributed by atoms with Crippen LogP contribution in [0, 0.1) is 5.92 Å². The summed E-state index contributed by atoms with van der Waals surface area (Å²) < 4.78 is 4.89. The van der Waals surface area contributed by atoms with Gasteiger partial charge in [-0.05, 0) is 25.2 Å². The number of hydrogen-bond donors (Lipinski definition) is 0. The van der Waals surface area contributed by atoms with E-state index in [1.54, 1.807) is 17.3 Å². The Bertz CT molecular complexity index is 284. The summed E-state index contributed by atoms with van der Waals surface area (Å²) >= 11 is 1.73. The van der Waals surface area contributed by atoms with Gasteiger partial charge in [-0.25, -0.2) is 0 Å². The van der Waals surface area contributed by atoms with Gasteiger partial charge in [-0.3, -0.25) is 4.79 Å². The molecule has 16 heavy (non-hydrogen) atoms. The van der Waals surface area contributed by atoms with Crippen LogP contribution in [0.15, 0.2) is 11.6 Å². The molecule has 0 fully saturated rings. The van der Waals surface area contributed by atoms with E-state index in [2.05, 4.69) is 31.6 Å². The number of allylic oxidation sites excluding steroid dienone is 2. The third-order valence-electron chi connectivity index (χ3n) is 3.25. The Morgan fingerprint density at radius 1 is 1.62 bits per heavy atom. The summed E-state index contributed by atoms with van der Waals surface area (Å²) in [4.78, 5) is 11.1. The van der Waals surface area contributed by atoms with E-state index >= 15 is 0 Å². The summed E-state index contributed by atoms with van der Waals surface area (Å²) in [6, 6.07) is 0. The standard InChI is InChI=1S/C13H22O2S/c1-10(2)11-5-7-13(3,8-6-11)16-9-12(14)15-4/h5,10H,6-9H2,1-4H3. The van der Waals surface area contributed by atoms with Crippen LogP contribution in [0.25, 0.3) is 0 Å². The van der Waals surface area contributed by atoms with Crippen molar-refractivity contribution in [3.05, 3.63) is 11.6 Å². The zero-order valence-electron chi connectivity index (χ0n) is 10.7. The van der Waals surface area contributed by atoms with E-state index in [-0.39, 0.29) is 10.7 Å². The third-order valence-corrected chi connectivity index (χ3v) is 4.69. The van der Waals surface area contributed by atoms with E-state index in [1.807, 2.05) is 0 Å². The average Bonchev–Trinajstić information content (AvgIpc) is 2.26. The second-order valence-corrected chi connectivity index (χ2v) is 6.52. The van der Waals surface area contributed by atoms with Crippen molar-refractivity contribution in [2.75, 3.05) is 12.9 Å². The van der Waals surface area contributed by atoms with E-state index in [9.17, 15) is 4.79 Å². The molecule has 0 N–H and O–H groups in total. The molecule has 0 saturated carbocycles. The number of methoxy groups -OCH3 is 1. The van der Waals surface area contributed by atoms with E-state index in [1.165, 1.54) is 20.0 Å². The van der Waals surface area contributed by atoms with E-state index in [4.69, 9.17) is 0 Å². The van der Waals surface area contributed by atoms with Crippen LogP contribution < -0.4 is 0 Å². The number of esters is 1. The van der Waals surface area contributed by atoms with Crippen LogP contribution in [0.3, 0.4) is 0 Å². The molecule has 1 atom stereocenters. The van der Waals surface area contributed by atoms with Crippen LogP contribution in [-0.2, 0) is 9.53 Å². The lowest BCUT2D eigenvalue weighted by molar-refractivity contribution is -0.137. The normalized spacial score (nSPS) is 25.4. The summed E-state index contributed by atoms with van der Waals surface area (Å²) in [6.07, 6.45) is 5.77. The van der Waals surface area contributed by atoms with Crippen molar-refractivity contribution in [3.63, 3.8) is 0 Å². The van der Waals surface area contributed by atoms with Gasteiger partial charge < -0.3 is 4.74 Å². The molecule has 1 aliphatic carbocycles. The number of carbonyl (C=O) groups is 1. The first-order chi connectivity index (χ1) is 7.47. The maximum Gasteiger partial charge on any atom is 0.315 e. The van der Waals surface area contributed by atoms with Gasteiger partial charge in [0, 0.05) is 4.75 Å². The van der Waals surface area contributed by atoms with Crippen LogP contribution in [0.1, 0.15) is 40.0 Å². The van der Waals surface area contributed by atoms with Crippen molar-refractivity contribution in [1.29, 1.82) is 0 Å². The molecule has 0 spiro atoms. The number of carbonyl (C=O) groups excluding carboxylic acids is 1. The minimum absolute atomic E-state index is 0.120. The molecule has 2 nitrogen and oxygen atoms in total. The van der Waals surface area contributed by atoms with Crippen molar-refractivity contribution in [2.45, 2.75) is 44.8 Å². The van der Waals surface area contributed by atoms with Gasteiger partial charge in [-0.15, -0.1) is 11.8 Å². The van der Waals surface area contributed by atoms with E-state index in [0.29, 0.717) is 11.7 Å². The van der Waals surface area contributed by atoms with Crippen molar-refractivity contribution in [3.8, 4) is 0 Å². The monoisotopic (exact) mass is 242 g/mol. The molecule has 0 saturated heterocycles. The van der Waals surface area contributed by atoms with Crippen LogP contribution >= 0.6 is 11.8 Å². The molecule has 0 aromatic heterocycles. The van der Waals surface area contributed by atoms with Gasteiger partial charge in [-0.1, -0.05) is 32.4 Å².